The molecular weight excluding hydrogens is 208 g/mol. The van der Waals surface area contributed by atoms with Crippen LogP contribution in [0.25, 0.3) is 0 Å². The van der Waals surface area contributed by atoms with Crippen molar-refractivity contribution in [3.63, 3.8) is 0 Å². The van der Waals surface area contributed by atoms with E-state index in [4.69, 9.17) is 5.73 Å². The van der Waals surface area contributed by atoms with Crippen LogP contribution >= 0.6 is 0 Å². The van der Waals surface area contributed by atoms with Gasteiger partial charge in [-0.3, -0.25) is 0 Å². The minimum absolute atomic E-state index is 0.242. The van der Waals surface area contributed by atoms with Crippen molar-refractivity contribution in [2.45, 2.75) is 25.8 Å². The van der Waals surface area contributed by atoms with Gasteiger partial charge in [-0.25, -0.2) is 0 Å². The number of nitrogens with zero attached hydrogens (tertiary/aromatic N) is 1. The van der Waals surface area contributed by atoms with Gasteiger partial charge in [0.1, 0.15) is 0 Å². The zero-order valence-corrected chi connectivity index (χ0v) is 10.5. The minimum atomic E-state index is 0.242. The van der Waals surface area contributed by atoms with Gasteiger partial charge < -0.3 is 10.3 Å². The summed E-state index contributed by atoms with van der Waals surface area (Å²) in [5.41, 5.74) is 8.52. The first-order valence-electron chi connectivity index (χ1n) is 6.14. The molecule has 0 aliphatic carbocycles. The summed E-state index contributed by atoms with van der Waals surface area (Å²) in [6.45, 7) is 5.04. The van der Waals surface area contributed by atoms with E-state index in [0.29, 0.717) is 12.5 Å². The maximum Gasteiger partial charge on any atom is 0.0702 e. The minimum Gasteiger partial charge on any atom is -0.346 e. The van der Waals surface area contributed by atoms with Crippen molar-refractivity contribution in [1.29, 1.82) is 0 Å². The van der Waals surface area contributed by atoms with Crippen LogP contribution in [-0.2, 0) is 0 Å². The van der Waals surface area contributed by atoms with Crippen LogP contribution < -0.4 is 5.73 Å². The van der Waals surface area contributed by atoms with E-state index in [1.807, 2.05) is 12.1 Å². The molecule has 2 aromatic rings. The third kappa shape index (κ3) is 2.59. The van der Waals surface area contributed by atoms with E-state index in [9.17, 15) is 0 Å². The molecule has 0 spiro atoms. The summed E-state index contributed by atoms with van der Waals surface area (Å²) in [6, 6.07) is 13.1. The highest BCUT2D eigenvalue weighted by atomic mass is 15.0. The molecule has 0 aliphatic rings. The van der Waals surface area contributed by atoms with Crippen molar-refractivity contribution in [3.8, 4) is 0 Å². The van der Waals surface area contributed by atoms with Gasteiger partial charge in [-0.2, -0.15) is 0 Å². The maximum absolute atomic E-state index is 5.87. The SMILES string of the molecule is CC(C)c1ccc(C(CN)n2cccc2)cc1. The summed E-state index contributed by atoms with van der Waals surface area (Å²) in [5, 5.41) is 0. The summed E-state index contributed by atoms with van der Waals surface area (Å²) in [7, 11) is 0. The number of hydrogen-bond acceptors (Lipinski definition) is 1. The van der Waals surface area contributed by atoms with Gasteiger partial charge in [-0.05, 0) is 29.2 Å². The summed E-state index contributed by atoms with van der Waals surface area (Å²) in [6.07, 6.45) is 4.13. The van der Waals surface area contributed by atoms with Gasteiger partial charge in [0.25, 0.3) is 0 Å². The highest BCUT2D eigenvalue weighted by Crippen LogP contribution is 2.21. The maximum atomic E-state index is 5.87. The highest BCUT2D eigenvalue weighted by molar-refractivity contribution is 5.27. The Labute approximate surface area is 103 Å². The molecule has 1 unspecified atom stereocenters. The molecule has 17 heavy (non-hydrogen) atoms. The molecule has 1 atom stereocenters. The van der Waals surface area contributed by atoms with Crippen molar-refractivity contribution < 1.29 is 0 Å². The quantitative estimate of drug-likeness (QED) is 0.856. The predicted octanol–water partition coefficient (Wildman–Crippen LogP) is 3.16. The average Bonchev–Trinajstić information content (AvgIpc) is 2.84. The van der Waals surface area contributed by atoms with Crippen molar-refractivity contribution in [2.24, 2.45) is 5.73 Å². The fourth-order valence-electron chi connectivity index (χ4n) is 2.09. The first kappa shape index (κ1) is 11.9. The molecule has 90 valence electrons. The van der Waals surface area contributed by atoms with Crippen LogP contribution in [0, 0.1) is 0 Å². The number of rotatable bonds is 4. The molecule has 0 saturated heterocycles. The second-order valence-corrected chi connectivity index (χ2v) is 4.70. The molecule has 1 heterocycles. The molecule has 2 nitrogen and oxygen atoms in total. The monoisotopic (exact) mass is 228 g/mol. The van der Waals surface area contributed by atoms with Gasteiger partial charge in [-0.15, -0.1) is 0 Å². The van der Waals surface area contributed by atoms with Crippen LogP contribution in [-0.4, -0.2) is 11.1 Å². The fraction of sp³-hybridized carbons (Fsp3) is 0.333. The Bertz CT molecular complexity index is 440. The van der Waals surface area contributed by atoms with Gasteiger partial charge in [0.05, 0.1) is 6.04 Å². The summed E-state index contributed by atoms with van der Waals surface area (Å²) in [4.78, 5) is 0. The van der Waals surface area contributed by atoms with Gasteiger partial charge in [0, 0.05) is 18.9 Å². The van der Waals surface area contributed by atoms with Crippen LogP contribution in [0.2, 0.25) is 0 Å². The molecule has 2 heteroatoms. The lowest BCUT2D eigenvalue weighted by Crippen LogP contribution is -2.19. The van der Waals surface area contributed by atoms with E-state index < -0.39 is 0 Å². The Morgan fingerprint density at radius 2 is 1.53 bits per heavy atom. The second-order valence-electron chi connectivity index (χ2n) is 4.70. The molecule has 0 bridgehead atoms. The fourth-order valence-corrected chi connectivity index (χ4v) is 2.09. The largest absolute Gasteiger partial charge is 0.346 e. The number of aromatic nitrogens is 1. The molecular formula is C15H20N2. The summed E-state index contributed by atoms with van der Waals surface area (Å²) >= 11 is 0. The molecule has 1 aromatic heterocycles. The number of benzene rings is 1. The van der Waals surface area contributed by atoms with E-state index in [-0.39, 0.29) is 6.04 Å². The lowest BCUT2D eigenvalue weighted by molar-refractivity contribution is 0.597. The van der Waals surface area contributed by atoms with E-state index in [1.165, 1.54) is 11.1 Å². The average molecular weight is 228 g/mol. The second kappa shape index (κ2) is 5.19. The molecule has 0 amide bonds. The Hall–Kier alpha value is -1.54. The van der Waals surface area contributed by atoms with Gasteiger partial charge in [0.15, 0.2) is 0 Å². The van der Waals surface area contributed by atoms with E-state index >= 15 is 0 Å². The Morgan fingerprint density at radius 3 is 2.00 bits per heavy atom. The first-order chi connectivity index (χ1) is 8.22. The molecule has 0 saturated carbocycles. The highest BCUT2D eigenvalue weighted by Gasteiger charge is 2.10. The third-order valence-electron chi connectivity index (χ3n) is 3.20. The van der Waals surface area contributed by atoms with Crippen molar-refractivity contribution in [1.82, 2.24) is 4.57 Å². The third-order valence-corrected chi connectivity index (χ3v) is 3.20. The van der Waals surface area contributed by atoms with Crippen LogP contribution in [0.5, 0.6) is 0 Å². The smallest absolute Gasteiger partial charge is 0.0702 e. The molecule has 2 N–H and O–H groups in total. The van der Waals surface area contributed by atoms with E-state index in [2.05, 4.69) is 55.1 Å². The van der Waals surface area contributed by atoms with Gasteiger partial charge >= 0.3 is 0 Å². The number of hydrogen-bond donors (Lipinski definition) is 1. The Balaban J connectivity index is 2.26. The van der Waals surface area contributed by atoms with E-state index in [0.717, 1.165) is 0 Å². The molecule has 1 aromatic carbocycles. The summed E-state index contributed by atoms with van der Waals surface area (Å²) < 4.78 is 2.16. The van der Waals surface area contributed by atoms with Gasteiger partial charge in [0.2, 0.25) is 0 Å². The first-order valence-corrected chi connectivity index (χ1v) is 6.14. The van der Waals surface area contributed by atoms with Crippen LogP contribution in [0.1, 0.15) is 36.9 Å². The topological polar surface area (TPSA) is 30.9 Å². The molecule has 2 rings (SSSR count). The molecule has 0 radical (unpaired) electrons. The van der Waals surface area contributed by atoms with Crippen molar-refractivity contribution in [2.75, 3.05) is 6.54 Å². The lowest BCUT2D eigenvalue weighted by atomic mass is 9.99. The van der Waals surface area contributed by atoms with Crippen LogP contribution in [0.4, 0.5) is 0 Å². The molecule has 0 aliphatic heterocycles. The zero-order chi connectivity index (χ0) is 12.3. The normalized spacial score (nSPS) is 12.9. The van der Waals surface area contributed by atoms with Crippen molar-refractivity contribution >= 4 is 0 Å². The van der Waals surface area contributed by atoms with Crippen LogP contribution in [0.3, 0.4) is 0 Å². The lowest BCUT2D eigenvalue weighted by Gasteiger charge is -2.18. The predicted molar refractivity (Wildman–Crippen MR) is 72.2 cm³/mol. The van der Waals surface area contributed by atoms with Crippen molar-refractivity contribution in [3.05, 3.63) is 59.9 Å². The Morgan fingerprint density at radius 1 is 1.00 bits per heavy atom. The summed E-state index contributed by atoms with van der Waals surface area (Å²) in [5.74, 6) is 0.576. The van der Waals surface area contributed by atoms with Crippen LogP contribution in [0.15, 0.2) is 48.8 Å². The zero-order valence-electron chi connectivity index (χ0n) is 10.5. The number of nitrogens with two attached hydrogens (primary N) is 1. The van der Waals surface area contributed by atoms with Gasteiger partial charge in [-0.1, -0.05) is 38.1 Å². The standard InChI is InChI=1S/C15H20N2/c1-12(2)13-5-7-14(8-6-13)15(11-16)17-9-3-4-10-17/h3-10,12,15H,11,16H2,1-2H3. The molecule has 0 fully saturated rings. The van der Waals surface area contributed by atoms with E-state index in [1.54, 1.807) is 0 Å². The Kier molecular flexibility index (Phi) is 3.64.